The maximum atomic E-state index is 13.8. The average Bonchev–Trinajstić information content (AvgIpc) is 3.37. The van der Waals surface area contributed by atoms with Crippen LogP contribution < -0.4 is 11.1 Å². The summed E-state index contributed by atoms with van der Waals surface area (Å²) in [5, 5.41) is 2.41. The van der Waals surface area contributed by atoms with Crippen molar-refractivity contribution in [2.24, 2.45) is 11.7 Å². The molecule has 138 valence electrons. The van der Waals surface area contributed by atoms with Gasteiger partial charge in [0.15, 0.2) is 11.6 Å². The summed E-state index contributed by atoms with van der Waals surface area (Å²) in [6, 6.07) is 6.81. The van der Waals surface area contributed by atoms with Gasteiger partial charge in [-0.25, -0.2) is 8.78 Å². The number of anilines is 1. The van der Waals surface area contributed by atoms with Crippen molar-refractivity contribution in [2.45, 2.75) is 25.1 Å². The van der Waals surface area contributed by atoms with E-state index in [4.69, 9.17) is 5.73 Å². The lowest BCUT2D eigenvalue weighted by atomic mass is 10.1. The van der Waals surface area contributed by atoms with Crippen LogP contribution in [0, 0.1) is 17.6 Å². The second-order valence-corrected chi connectivity index (χ2v) is 6.20. The molecule has 1 fully saturated rings. The van der Waals surface area contributed by atoms with E-state index < -0.39 is 41.1 Å². The molecule has 0 bridgehead atoms. The zero-order valence-corrected chi connectivity index (χ0v) is 13.4. The molecule has 2 aromatic carbocycles. The van der Waals surface area contributed by atoms with Gasteiger partial charge >= 0.3 is 6.18 Å². The van der Waals surface area contributed by atoms with Gasteiger partial charge in [-0.3, -0.25) is 4.79 Å². The van der Waals surface area contributed by atoms with Gasteiger partial charge in [-0.1, -0.05) is 12.1 Å². The molecule has 2 unspecified atom stereocenters. The summed E-state index contributed by atoms with van der Waals surface area (Å²) in [6.07, 6.45) is -4.27. The zero-order valence-electron chi connectivity index (χ0n) is 13.4. The molecule has 2 aromatic rings. The van der Waals surface area contributed by atoms with Crippen LogP contribution in [0.15, 0.2) is 36.4 Å². The second-order valence-electron chi connectivity index (χ2n) is 6.20. The summed E-state index contributed by atoms with van der Waals surface area (Å²) in [4.78, 5) is 12.3. The zero-order chi connectivity index (χ0) is 19.1. The summed E-state index contributed by atoms with van der Waals surface area (Å²) in [5.74, 6) is -3.66. The number of alkyl halides is 3. The molecule has 3 nitrogen and oxygen atoms in total. The fourth-order valence-electron chi connectivity index (χ4n) is 2.92. The molecule has 1 aliphatic carbocycles. The molecule has 0 spiro atoms. The Labute approximate surface area is 146 Å². The number of hydrogen-bond acceptors (Lipinski definition) is 2. The summed E-state index contributed by atoms with van der Waals surface area (Å²) in [6.45, 7) is -0.118. The number of rotatable bonds is 4. The minimum absolute atomic E-state index is 0.0318. The van der Waals surface area contributed by atoms with E-state index in [-0.39, 0.29) is 23.4 Å². The summed E-state index contributed by atoms with van der Waals surface area (Å²) >= 11 is 0. The minimum atomic E-state index is -4.57. The van der Waals surface area contributed by atoms with Crippen LogP contribution in [0.2, 0.25) is 0 Å². The van der Waals surface area contributed by atoms with Crippen LogP contribution in [-0.4, -0.2) is 5.91 Å². The summed E-state index contributed by atoms with van der Waals surface area (Å²) < 4.78 is 65.9. The first-order chi connectivity index (χ1) is 12.2. The first kappa shape index (κ1) is 18.3. The molecule has 1 saturated carbocycles. The third-order valence-electron chi connectivity index (χ3n) is 4.33. The highest BCUT2D eigenvalue weighted by Crippen LogP contribution is 2.49. The topological polar surface area (TPSA) is 55.1 Å². The van der Waals surface area contributed by atoms with Gasteiger partial charge in [0.1, 0.15) is 0 Å². The van der Waals surface area contributed by atoms with Crippen molar-refractivity contribution >= 4 is 11.6 Å². The van der Waals surface area contributed by atoms with Crippen molar-refractivity contribution in [1.82, 2.24) is 0 Å². The maximum Gasteiger partial charge on any atom is 0.416 e. The van der Waals surface area contributed by atoms with Crippen LogP contribution in [0.3, 0.4) is 0 Å². The monoisotopic (exact) mass is 370 g/mol. The van der Waals surface area contributed by atoms with Gasteiger partial charge in [0.25, 0.3) is 0 Å². The van der Waals surface area contributed by atoms with Crippen LogP contribution in [0.25, 0.3) is 0 Å². The van der Waals surface area contributed by atoms with E-state index in [1.807, 2.05) is 0 Å². The minimum Gasteiger partial charge on any atom is -0.326 e. The molecule has 2 atom stereocenters. The number of nitrogens with two attached hydrogens (primary N) is 1. The Kier molecular flexibility index (Phi) is 4.70. The van der Waals surface area contributed by atoms with Crippen molar-refractivity contribution in [3.05, 3.63) is 64.7 Å². The lowest BCUT2D eigenvalue weighted by molar-refractivity contribution is -0.137. The van der Waals surface area contributed by atoms with Gasteiger partial charge < -0.3 is 11.1 Å². The van der Waals surface area contributed by atoms with Gasteiger partial charge in [-0.15, -0.1) is 0 Å². The fraction of sp³-hybridized carbons (Fsp3) is 0.278. The van der Waals surface area contributed by atoms with E-state index in [0.717, 1.165) is 18.2 Å². The van der Waals surface area contributed by atoms with Crippen molar-refractivity contribution in [1.29, 1.82) is 0 Å². The number of amides is 1. The Morgan fingerprint density at radius 3 is 2.58 bits per heavy atom. The SMILES string of the molecule is NCc1cc(NC(=O)C2CC2c2cccc(F)c2F)cc(C(F)(F)F)c1. The predicted octanol–water partition coefficient (Wildman–Crippen LogP) is 4.18. The second kappa shape index (κ2) is 6.68. The Morgan fingerprint density at radius 1 is 1.19 bits per heavy atom. The number of nitrogens with one attached hydrogen (secondary N) is 1. The maximum absolute atomic E-state index is 13.8. The number of halogens is 5. The quantitative estimate of drug-likeness (QED) is 0.793. The number of hydrogen-bond donors (Lipinski definition) is 2. The molecule has 0 saturated heterocycles. The highest BCUT2D eigenvalue weighted by Gasteiger charge is 2.45. The molecule has 1 aliphatic rings. The number of carbonyl (C=O) groups excluding carboxylic acids is 1. The number of carbonyl (C=O) groups is 1. The average molecular weight is 370 g/mol. The molecule has 3 rings (SSSR count). The highest BCUT2D eigenvalue weighted by atomic mass is 19.4. The van der Waals surface area contributed by atoms with Gasteiger partial charge in [0.05, 0.1) is 5.56 Å². The van der Waals surface area contributed by atoms with Crippen molar-refractivity contribution in [3.63, 3.8) is 0 Å². The van der Waals surface area contributed by atoms with Gasteiger partial charge in [0.2, 0.25) is 5.91 Å². The Morgan fingerprint density at radius 2 is 1.92 bits per heavy atom. The van der Waals surface area contributed by atoms with Crippen LogP contribution in [-0.2, 0) is 17.5 Å². The van der Waals surface area contributed by atoms with E-state index >= 15 is 0 Å². The lowest BCUT2D eigenvalue weighted by Crippen LogP contribution is -2.16. The molecule has 0 heterocycles. The van der Waals surface area contributed by atoms with E-state index in [1.54, 1.807) is 0 Å². The standard InChI is InChI=1S/C18H15F5N2O/c19-15-3-1-2-12(16(15)20)13-7-14(13)17(26)25-11-5-9(8-24)4-10(6-11)18(21,22)23/h1-6,13-14H,7-8,24H2,(H,25,26). The third kappa shape index (κ3) is 3.70. The summed E-state index contributed by atoms with van der Waals surface area (Å²) in [7, 11) is 0. The Hall–Kier alpha value is -2.48. The van der Waals surface area contributed by atoms with Crippen LogP contribution in [0.1, 0.15) is 29.0 Å². The molecular weight excluding hydrogens is 355 g/mol. The molecule has 26 heavy (non-hydrogen) atoms. The molecular formula is C18H15F5N2O. The molecule has 0 radical (unpaired) electrons. The van der Waals surface area contributed by atoms with Crippen LogP contribution in [0.4, 0.5) is 27.6 Å². The van der Waals surface area contributed by atoms with Crippen molar-refractivity contribution in [2.75, 3.05) is 5.32 Å². The van der Waals surface area contributed by atoms with E-state index in [1.165, 1.54) is 18.2 Å². The third-order valence-corrected chi connectivity index (χ3v) is 4.33. The Balaban J connectivity index is 1.76. The van der Waals surface area contributed by atoms with E-state index in [9.17, 15) is 26.7 Å². The van der Waals surface area contributed by atoms with Gasteiger partial charge in [-0.2, -0.15) is 13.2 Å². The first-order valence-corrected chi connectivity index (χ1v) is 7.86. The molecule has 0 aromatic heterocycles. The molecule has 1 amide bonds. The van der Waals surface area contributed by atoms with Gasteiger partial charge in [0, 0.05) is 18.2 Å². The van der Waals surface area contributed by atoms with Crippen molar-refractivity contribution < 1.29 is 26.7 Å². The van der Waals surface area contributed by atoms with Crippen molar-refractivity contribution in [3.8, 4) is 0 Å². The predicted molar refractivity (Wildman–Crippen MR) is 85.2 cm³/mol. The molecule has 3 N–H and O–H groups in total. The highest BCUT2D eigenvalue weighted by molar-refractivity contribution is 5.95. The normalized spacial score (nSPS) is 19.3. The van der Waals surface area contributed by atoms with Crippen LogP contribution >= 0.6 is 0 Å². The van der Waals surface area contributed by atoms with E-state index in [0.29, 0.717) is 6.42 Å². The van der Waals surface area contributed by atoms with E-state index in [2.05, 4.69) is 5.32 Å². The van der Waals surface area contributed by atoms with Gasteiger partial charge in [-0.05, 0) is 47.7 Å². The van der Waals surface area contributed by atoms with Crippen LogP contribution in [0.5, 0.6) is 0 Å². The fourth-order valence-corrected chi connectivity index (χ4v) is 2.92. The largest absolute Gasteiger partial charge is 0.416 e. The molecule has 8 heteroatoms. The smallest absolute Gasteiger partial charge is 0.326 e. The Bertz CT molecular complexity index is 850. The molecule has 0 aliphatic heterocycles. The summed E-state index contributed by atoms with van der Waals surface area (Å²) in [5.41, 5.74) is 4.77. The first-order valence-electron chi connectivity index (χ1n) is 7.86. The lowest BCUT2D eigenvalue weighted by Gasteiger charge is -2.12. The number of benzene rings is 2.